The maximum Gasteiger partial charge on any atom is 0.0687 e. The molecule has 74 valence electrons. The van der Waals surface area contributed by atoms with Crippen molar-refractivity contribution in [3.63, 3.8) is 0 Å². The Labute approximate surface area is 80.9 Å². The Morgan fingerprint density at radius 1 is 1.31 bits per heavy atom. The lowest BCUT2D eigenvalue weighted by Gasteiger charge is -2.37. The van der Waals surface area contributed by atoms with Crippen molar-refractivity contribution >= 4 is 0 Å². The molecule has 1 saturated carbocycles. The van der Waals surface area contributed by atoms with Gasteiger partial charge in [-0.2, -0.15) is 5.26 Å². The molecule has 0 radical (unpaired) electrons. The summed E-state index contributed by atoms with van der Waals surface area (Å²) in [5, 5.41) is 9.05. The molecule has 0 aromatic rings. The molecule has 1 aliphatic rings. The molecule has 1 rings (SSSR count). The number of methoxy groups -OCH3 is 1. The van der Waals surface area contributed by atoms with Crippen LogP contribution in [0.15, 0.2) is 0 Å². The average molecular weight is 181 g/mol. The van der Waals surface area contributed by atoms with Gasteiger partial charge in [0.15, 0.2) is 0 Å². The fourth-order valence-corrected chi connectivity index (χ4v) is 2.29. The molecule has 0 amide bonds. The molecule has 2 nitrogen and oxygen atoms in total. The molecular formula is C11H19NO. The van der Waals surface area contributed by atoms with Gasteiger partial charge in [0.1, 0.15) is 0 Å². The van der Waals surface area contributed by atoms with Crippen LogP contribution in [0.5, 0.6) is 0 Å². The van der Waals surface area contributed by atoms with E-state index in [4.69, 9.17) is 10.00 Å². The van der Waals surface area contributed by atoms with Crippen molar-refractivity contribution in [2.75, 3.05) is 7.11 Å². The van der Waals surface area contributed by atoms with Crippen molar-refractivity contribution in [1.29, 1.82) is 5.26 Å². The first kappa shape index (κ1) is 10.5. The number of nitriles is 1. The van der Waals surface area contributed by atoms with Crippen molar-refractivity contribution in [1.82, 2.24) is 0 Å². The zero-order valence-electron chi connectivity index (χ0n) is 8.84. The second-order valence-electron chi connectivity index (χ2n) is 4.50. The number of hydrogen-bond acceptors (Lipinski definition) is 2. The Morgan fingerprint density at radius 2 is 1.92 bits per heavy atom. The summed E-state index contributed by atoms with van der Waals surface area (Å²) in [7, 11) is 1.76. The van der Waals surface area contributed by atoms with Gasteiger partial charge in [-0.05, 0) is 26.7 Å². The van der Waals surface area contributed by atoms with Crippen LogP contribution in [0.2, 0.25) is 0 Å². The summed E-state index contributed by atoms with van der Waals surface area (Å²) in [6.07, 6.45) is 5.04. The zero-order valence-corrected chi connectivity index (χ0v) is 8.84. The van der Waals surface area contributed by atoms with Gasteiger partial charge >= 0.3 is 0 Å². The van der Waals surface area contributed by atoms with Gasteiger partial charge < -0.3 is 4.74 Å². The highest BCUT2D eigenvalue weighted by Crippen LogP contribution is 2.39. The predicted octanol–water partition coefficient (Wildman–Crippen LogP) is 2.74. The average Bonchev–Trinajstić information content (AvgIpc) is 2.18. The highest BCUT2D eigenvalue weighted by atomic mass is 16.5. The lowest BCUT2D eigenvalue weighted by molar-refractivity contribution is -0.0111. The van der Waals surface area contributed by atoms with Crippen LogP contribution in [0, 0.1) is 22.7 Å². The van der Waals surface area contributed by atoms with E-state index >= 15 is 0 Å². The highest BCUT2D eigenvalue weighted by Gasteiger charge is 2.37. The Hall–Kier alpha value is -0.550. The summed E-state index contributed by atoms with van der Waals surface area (Å²) in [5.41, 5.74) is -0.235. The first-order chi connectivity index (χ1) is 6.11. The maximum absolute atomic E-state index is 9.05. The number of rotatable bonds is 2. The van der Waals surface area contributed by atoms with E-state index in [9.17, 15) is 0 Å². The molecule has 0 aromatic heterocycles. The largest absolute Gasteiger partial charge is 0.381 e. The summed E-state index contributed by atoms with van der Waals surface area (Å²) in [5.74, 6) is 0.413. The summed E-state index contributed by atoms with van der Waals surface area (Å²) >= 11 is 0. The minimum absolute atomic E-state index is 0.235. The highest BCUT2D eigenvalue weighted by molar-refractivity contribution is 5.00. The minimum atomic E-state index is -0.235. The Balaban J connectivity index is 2.70. The van der Waals surface area contributed by atoms with Gasteiger partial charge in [-0.25, -0.2) is 0 Å². The second kappa shape index (κ2) is 4.11. The predicted molar refractivity (Wildman–Crippen MR) is 52.1 cm³/mol. The van der Waals surface area contributed by atoms with Gasteiger partial charge in [-0.15, -0.1) is 0 Å². The van der Waals surface area contributed by atoms with E-state index in [1.165, 1.54) is 12.8 Å². The second-order valence-corrected chi connectivity index (χ2v) is 4.50. The minimum Gasteiger partial charge on any atom is -0.381 e. The van der Waals surface area contributed by atoms with Crippen LogP contribution in [0.25, 0.3) is 0 Å². The molecule has 2 heteroatoms. The maximum atomic E-state index is 9.05. The lowest BCUT2D eigenvalue weighted by atomic mass is 9.70. The number of ether oxygens (including phenoxy) is 1. The van der Waals surface area contributed by atoms with Gasteiger partial charge in [0.25, 0.3) is 0 Å². The van der Waals surface area contributed by atoms with Crippen LogP contribution in [-0.4, -0.2) is 13.2 Å². The van der Waals surface area contributed by atoms with E-state index in [-0.39, 0.29) is 5.41 Å². The molecule has 0 N–H and O–H groups in total. The van der Waals surface area contributed by atoms with Gasteiger partial charge in [0, 0.05) is 13.0 Å². The van der Waals surface area contributed by atoms with Crippen molar-refractivity contribution < 1.29 is 4.74 Å². The van der Waals surface area contributed by atoms with Crippen LogP contribution in [0.4, 0.5) is 0 Å². The smallest absolute Gasteiger partial charge is 0.0687 e. The molecule has 13 heavy (non-hydrogen) atoms. The summed E-state index contributed by atoms with van der Waals surface area (Å²) in [4.78, 5) is 0. The molecule has 2 unspecified atom stereocenters. The van der Waals surface area contributed by atoms with Crippen molar-refractivity contribution in [3.8, 4) is 6.07 Å². The number of hydrogen-bond donors (Lipinski definition) is 0. The van der Waals surface area contributed by atoms with Gasteiger partial charge in [0.05, 0.1) is 17.6 Å². The van der Waals surface area contributed by atoms with Crippen LogP contribution in [0.1, 0.15) is 39.5 Å². The topological polar surface area (TPSA) is 33.0 Å². The van der Waals surface area contributed by atoms with E-state index in [2.05, 4.69) is 6.07 Å². The fourth-order valence-electron chi connectivity index (χ4n) is 2.29. The van der Waals surface area contributed by atoms with E-state index in [0.29, 0.717) is 12.0 Å². The summed E-state index contributed by atoms with van der Waals surface area (Å²) in [6.45, 7) is 4.05. The van der Waals surface area contributed by atoms with Gasteiger partial charge in [-0.3, -0.25) is 0 Å². The third-order valence-corrected chi connectivity index (χ3v) is 3.22. The van der Waals surface area contributed by atoms with Crippen LogP contribution >= 0.6 is 0 Å². The fraction of sp³-hybridized carbons (Fsp3) is 0.909. The van der Waals surface area contributed by atoms with Crippen LogP contribution in [-0.2, 0) is 4.74 Å². The summed E-state index contributed by atoms with van der Waals surface area (Å²) < 4.78 is 5.44. The van der Waals surface area contributed by atoms with E-state index in [1.807, 2.05) is 13.8 Å². The third-order valence-electron chi connectivity index (χ3n) is 3.22. The molecule has 0 aliphatic heterocycles. The van der Waals surface area contributed by atoms with Crippen molar-refractivity contribution in [2.24, 2.45) is 11.3 Å². The molecule has 0 spiro atoms. The van der Waals surface area contributed by atoms with E-state index in [0.717, 1.165) is 12.8 Å². The van der Waals surface area contributed by atoms with Crippen LogP contribution < -0.4 is 0 Å². The first-order valence-electron chi connectivity index (χ1n) is 5.06. The first-order valence-corrected chi connectivity index (χ1v) is 5.06. The standard InChI is InChI=1S/C11H19NO/c1-11(2,8-12)9-6-4-5-7-10(9)13-3/h9-10H,4-7H2,1-3H3. The molecule has 0 bridgehead atoms. The molecular weight excluding hydrogens is 162 g/mol. The quantitative estimate of drug-likeness (QED) is 0.656. The molecule has 1 fully saturated rings. The molecule has 0 saturated heterocycles. The Morgan fingerprint density at radius 3 is 2.46 bits per heavy atom. The Bertz CT molecular complexity index is 205. The van der Waals surface area contributed by atoms with Crippen molar-refractivity contribution in [2.45, 2.75) is 45.6 Å². The number of nitrogens with zero attached hydrogens (tertiary/aromatic N) is 1. The molecule has 2 atom stereocenters. The van der Waals surface area contributed by atoms with Crippen molar-refractivity contribution in [3.05, 3.63) is 0 Å². The normalized spacial score (nSPS) is 29.7. The van der Waals surface area contributed by atoms with E-state index < -0.39 is 0 Å². The van der Waals surface area contributed by atoms with Gasteiger partial charge in [0.2, 0.25) is 0 Å². The van der Waals surface area contributed by atoms with E-state index in [1.54, 1.807) is 7.11 Å². The van der Waals surface area contributed by atoms with Gasteiger partial charge in [-0.1, -0.05) is 12.8 Å². The molecule has 0 heterocycles. The summed E-state index contributed by atoms with van der Waals surface area (Å²) in [6, 6.07) is 2.40. The lowest BCUT2D eigenvalue weighted by Crippen LogP contribution is -2.36. The molecule has 1 aliphatic carbocycles. The molecule has 0 aromatic carbocycles. The third kappa shape index (κ3) is 2.22. The monoisotopic (exact) mass is 181 g/mol. The van der Waals surface area contributed by atoms with Crippen LogP contribution in [0.3, 0.4) is 0 Å². The SMILES string of the molecule is COC1CCCCC1C(C)(C)C#N. The zero-order chi connectivity index (χ0) is 9.90. The Kier molecular flexibility index (Phi) is 3.33.